The Labute approximate surface area is 105 Å². The zero-order chi connectivity index (χ0) is 7.98. The maximum Gasteiger partial charge on any atom is 0 e. The molecule has 11 heavy (non-hydrogen) atoms. The van der Waals surface area contributed by atoms with Gasteiger partial charge in [-0.05, 0) is 0 Å². The summed E-state index contributed by atoms with van der Waals surface area (Å²) in [5, 5.41) is 0. The van der Waals surface area contributed by atoms with E-state index in [4.69, 9.17) is 0 Å². The molecule has 0 aliphatic rings. The van der Waals surface area contributed by atoms with Crippen LogP contribution < -0.4 is 0 Å². The fourth-order valence-corrected chi connectivity index (χ4v) is 1.23. The minimum Gasteiger partial charge on any atom is 0 e. The Balaban J connectivity index is 0. The molecule has 0 aliphatic carbocycles. The normalized spacial score (nSPS) is 8.18. The number of hydrogen-bond acceptors (Lipinski definition) is 1. The molecule has 0 unspecified atom stereocenters. The Kier molecular flexibility index (Phi) is 12.4. The molecule has 1 radical (unpaired) electrons. The van der Waals surface area contributed by atoms with Crippen LogP contribution in [0.2, 0.25) is 0 Å². The van der Waals surface area contributed by atoms with Crippen LogP contribution >= 0.6 is 0 Å². The molecule has 0 atom stereocenters. The van der Waals surface area contributed by atoms with Gasteiger partial charge < -0.3 is 0 Å². The van der Waals surface area contributed by atoms with E-state index in [1.54, 1.807) is 6.92 Å². The summed E-state index contributed by atoms with van der Waals surface area (Å²) in [6.45, 7) is 3.56. The summed E-state index contributed by atoms with van der Waals surface area (Å²) in [5.74, 6) is 1.25. The van der Waals surface area contributed by atoms with Crippen molar-refractivity contribution in [3.63, 3.8) is 0 Å². The Hall–Kier alpha value is 1.20. The third-order valence-electron chi connectivity index (χ3n) is 1.47. The Morgan fingerprint density at radius 1 is 1.64 bits per heavy atom. The van der Waals surface area contributed by atoms with Crippen molar-refractivity contribution in [2.45, 2.75) is 33.1 Å². The van der Waals surface area contributed by atoms with Gasteiger partial charge in [0.05, 0.1) is 0 Å². The third kappa shape index (κ3) is 9.11. The summed E-state index contributed by atoms with van der Waals surface area (Å²) in [5.41, 5.74) is 0. The molecule has 0 aromatic heterocycles. The van der Waals surface area contributed by atoms with Crippen molar-refractivity contribution in [2.75, 3.05) is 0 Å². The van der Waals surface area contributed by atoms with Gasteiger partial charge in [-0.15, -0.1) is 0 Å². The van der Waals surface area contributed by atoms with Crippen LogP contribution in [0.15, 0.2) is 0 Å². The summed E-state index contributed by atoms with van der Waals surface area (Å²) in [7, 11) is 0. The molecule has 0 heterocycles. The summed E-state index contributed by atoms with van der Waals surface area (Å²) in [6, 6.07) is 0. The maximum atomic E-state index is 10.7. The topological polar surface area (TPSA) is 17.1 Å². The van der Waals surface area contributed by atoms with Crippen molar-refractivity contribution in [3.05, 3.63) is 5.92 Å². The van der Waals surface area contributed by atoms with Gasteiger partial charge in [-0.2, -0.15) is 0 Å². The quantitative estimate of drug-likeness (QED) is 0.509. The number of rotatable bonds is 5. The monoisotopic (exact) mass is 398 g/mol. The molecule has 0 saturated carbocycles. The largest absolute Gasteiger partial charge is 0 e. The molecular weight excluding hydrogens is 385 g/mol. The third-order valence-corrected chi connectivity index (χ3v) is 2.32. The number of unbranched alkanes of at least 4 members (excludes halogenated alkanes) is 1. The van der Waals surface area contributed by atoms with Gasteiger partial charge in [-0.1, -0.05) is 0 Å². The Morgan fingerprint density at radius 2 is 2.18 bits per heavy atom. The maximum absolute atomic E-state index is 10.7. The molecule has 61 valence electrons. The van der Waals surface area contributed by atoms with Crippen LogP contribution in [0.5, 0.6) is 0 Å². The van der Waals surface area contributed by atoms with Gasteiger partial charge in [-0.25, -0.2) is 0 Å². The first-order valence-electron chi connectivity index (χ1n) is 3.45. The first-order valence-corrected chi connectivity index (χ1v) is 5.15. The molecule has 0 aromatic carbocycles. The summed E-state index contributed by atoms with van der Waals surface area (Å²) in [6.07, 6.45) is 3.26. The molecule has 0 saturated heterocycles. The van der Waals surface area contributed by atoms with Gasteiger partial charge >= 0.3 is 73.4 Å². The van der Waals surface area contributed by atoms with Gasteiger partial charge in [0.15, 0.2) is 0 Å². The van der Waals surface area contributed by atoms with Crippen LogP contribution in [0.4, 0.5) is 0 Å². The Bertz CT molecular complexity index is 125. The van der Waals surface area contributed by atoms with E-state index in [1.165, 1.54) is 19.4 Å². The summed E-state index contributed by atoms with van der Waals surface area (Å²) < 4.78 is 2.22. The van der Waals surface area contributed by atoms with E-state index in [0.717, 1.165) is 25.2 Å². The van der Waals surface area contributed by atoms with Crippen LogP contribution in [0, 0.1) is 5.92 Å². The predicted octanol–water partition coefficient (Wildman–Crippen LogP) is 1.69. The molecule has 0 N–H and O–H groups in total. The molecular formula is C8H13OWY-. The molecule has 0 bridgehead atoms. The van der Waals surface area contributed by atoms with Crippen molar-refractivity contribution in [3.8, 4) is 0 Å². The number of carbonyl (C=O) groups is 1. The first-order chi connectivity index (χ1) is 4.68. The molecule has 0 aromatic rings. The second kappa shape index (κ2) is 9.29. The molecule has 0 rings (SSSR count). The molecule has 0 fully saturated rings. The number of ketones is 1. The van der Waals surface area contributed by atoms with Crippen molar-refractivity contribution in [2.24, 2.45) is 0 Å². The van der Waals surface area contributed by atoms with Crippen molar-refractivity contribution in [1.82, 2.24) is 0 Å². The van der Waals surface area contributed by atoms with Gasteiger partial charge in [0.25, 0.3) is 0 Å². The summed E-state index contributed by atoms with van der Waals surface area (Å²) >= 11 is 1.52. The SMILES string of the molecule is CC(=O)[C-](C)CCC[CH]=[W].[Y]. The molecule has 3 heteroatoms. The van der Waals surface area contributed by atoms with Crippen molar-refractivity contribution >= 4 is 10.2 Å². The number of carbonyl (C=O) groups excluding carboxylic acids is 1. The number of Topliss-reactive ketones (excluding diaryl/α,β-unsaturated/α-hetero) is 1. The van der Waals surface area contributed by atoms with E-state index >= 15 is 0 Å². The van der Waals surface area contributed by atoms with Crippen LogP contribution in [0.1, 0.15) is 33.1 Å². The van der Waals surface area contributed by atoms with Crippen LogP contribution in [0.25, 0.3) is 0 Å². The van der Waals surface area contributed by atoms with Gasteiger partial charge in [0.1, 0.15) is 0 Å². The minimum absolute atomic E-state index is 0. The fraction of sp³-hybridized carbons (Fsp3) is 0.625. The number of hydrogen-bond donors (Lipinski definition) is 0. The molecule has 1 nitrogen and oxygen atoms in total. The second-order valence-electron chi connectivity index (χ2n) is 2.40. The van der Waals surface area contributed by atoms with Crippen LogP contribution in [-0.2, 0) is 56.9 Å². The average molecular weight is 398 g/mol. The predicted molar refractivity (Wildman–Crippen MR) is 39.5 cm³/mol. The first kappa shape index (κ1) is 14.7. The Morgan fingerprint density at radius 3 is 2.55 bits per heavy atom. The fourth-order valence-electron chi connectivity index (χ4n) is 0.627. The van der Waals surface area contributed by atoms with Gasteiger partial charge in [-0.3, -0.25) is 0 Å². The second-order valence-corrected chi connectivity index (χ2v) is 3.59. The minimum atomic E-state index is 0. The molecule has 0 amide bonds. The molecule has 0 aliphatic heterocycles. The van der Waals surface area contributed by atoms with E-state index in [9.17, 15) is 4.79 Å². The average Bonchev–Trinajstić information content (AvgIpc) is 1.88. The van der Waals surface area contributed by atoms with Crippen molar-refractivity contribution in [1.29, 1.82) is 0 Å². The van der Waals surface area contributed by atoms with Gasteiger partial charge in [0.2, 0.25) is 0 Å². The van der Waals surface area contributed by atoms with Crippen molar-refractivity contribution < 1.29 is 56.9 Å². The van der Waals surface area contributed by atoms with Gasteiger partial charge in [0, 0.05) is 32.7 Å². The van der Waals surface area contributed by atoms with E-state index in [2.05, 4.69) is 4.40 Å². The van der Waals surface area contributed by atoms with E-state index < -0.39 is 0 Å². The van der Waals surface area contributed by atoms with Crippen LogP contribution in [0.3, 0.4) is 0 Å². The van der Waals surface area contributed by atoms with E-state index in [0.29, 0.717) is 0 Å². The standard InChI is InChI=1S/C8H13O.W.Y/c1-4-5-6-7(2)8(3)9;;/h1H,4-6H2,2-3H3;;/q-1;;. The molecule has 0 spiro atoms. The smallest absolute Gasteiger partial charge is 0 e. The zero-order valence-corrected chi connectivity index (χ0v) is 12.9. The summed E-state index contributed by atoms with van der Waals surface area (Å²) in [4.78, 5) is 10.7. The zero-order valence-electron chi connectivity index (χ0n) is 7.09. The van der Waals surface area contributed by atoms with Crippen LogP contribution in [-0.4, -0.2) is 10.2 Å². The van der Waals surface area contributed by atoms with E-state index in [1.807, 2.05) is 6.92 Å². The van der Waals surface area contributed by atoms with E-state index in [-0.39, 0.29) is 38.5 Å².